The summed E-state index contributed by atoms with van der Waals surface area (Å²) in [6.07, 6.45) is -3.92. The van der Waals surface area contributed by atoms with Crippen LogP contribution in [0.4, 0.5) is 19.0 Å². The number of pyridine rings is 1. The van der Waals surface area contributed by atoms with E-state index < -0.39 is 34.3 Å². The van der Waals surface area contributed by atoms with Gasteiger partial charge in [0, 0.05) is 19.2 Å². The molecule has 3 aromatic heterocycles. The molecule has 3 rings (SSSR count). The summed E-state index contributed by atoms with van der Waals surface area (Å²) in [5.41, 5.74) is -1.68. The minimum atomic E-state index is -4.79. The zero-order chi connectivity index (χ0) is 18.4. The van der Waals surface area contributed by atoms with Crippen molar-refractivity contribution in [2.75, 3.05) is 0 Å². The van der Waals surface area contributed by atoms with Crippen molar-refractivity contribution < 1.29 is 22.5 Å². The minimum Gasteiger partial charge on any atom is -0.386 e. The summed E-state index contributed by atoms with van der Waals surface area (Å²) in [4.78, 5) is 24.5. The fraction of sp³-hybridized carbons (Fsp3) is 0.167. The molecule has 0 aliphatic heterocycles. The highest BCUT2D eigenvalue weighted by Crippen LogP contribution is 2.33. The Morgan fingerprint density at radius 2 is 2.00 bits per heavy atom. The zero-order valence-electron chi connectivity index (χ0n) is 12.3. The summed E-state index contributed by atoms with van der Waals surface area (Å²) in [5.74, 6) is -1.79. The molecule has 0 aromatic carbocycles. The number of hydrogen-bond acceptors (Lipinski definition) is 7. The number of alkyl halides is 3. The van der Waals surface area contributed by atoms with Crippen LogP contribution in [0.2, 0.25) is 0 Å². The highest BCUT2D eigenvalue weighted by Gasteiger charge is 2.37. The van der Waals surface area contributed by atoms with E-state index in [4.69, 9.17) is 4.42 Å². The summed E-state index contributed by atoms with van der Waals surface area (Å²) in [6, 6.07) is 2.65. The molecule has 3 heterocycles. The van der Waals surface area contributed by atoms with Crippen LogP contribution >= 0.6 is 0 Å². The molecular formula is C12H7F3N6O4. The number of rotatable bonds is 3. The van der Waals surface area contributed by atoms with Gasteiger partial charge in [-0.3, -0.25) is 0 Å². The third-order valence-corrected chi connectivity index (χ3v) is 3.07. The Hall–Kier alpha value is -3.51. The molecule has 0 saturated carbocycles. The Morgan fingerprint density at radius 1 is 1.28 bits per heavy atom. The van der Waals surface area contributed by atoms with Crippen molar-refractivity contribution in [3.05, 3.63) is 50.8 Å². The van der Waals surface area contributed by atoms with Crippen LogP contribution in [-0.2, 0) is 13.2 Å². The second-order valence-corrected chi connectivity index (χ2v) is 4.75. The van der Waals surface area contributed by atoms with Gasteiger partial charge in [0.15, 0.2) is 11.9 Å². The average Bonchev–Trinajstić information content (AvgIpc) is 3.12. The quantitative estimate of drug-likeness (QED) is 0.515. The van der Waals surface area contributed by atoms with E-state index >= 15 is 0 Å². The van der Waals surface area contributed by atoms with Crippen molar-refractivity contribution in [1.82, 2.24) is 24.5 Å². The van der Waals surface area contributed by atoms with Gasteiger partial charge in [-0.15, -0.1) is 5.10 Å². The molecule has 0 fully saturated rings. The molecule has 130 valence electrons. The van der Waals surface area contributed by atoms with Crippen molar-refractivity contribution in [2.24, 2.45) is 7.05 Å². The molecule has 0 spiro atoms. The van der Waals surface area contributed by atoms with Crippen LogP contribution in [0.15, 0.2) is 33.6 Å². The first-order valence-corrected chi connectivity index (χ1v) is 6.49. The van der Waals surface area contributed by atoms with Gasteiger partial charge in [-0.2, -0.15) is 23.0 Å². The van der Waals surface area contributed by atoms with Crippen molar-refractivity contribution in [2.45, 2.75) is 6.18 Å². The maximum atomic E-state index is 13.2. The highest BCUT2D eigenvalue weighted by atomic mass is 19.4. The fourth-order valence-corrected chi connectivity index (χ4v) is 1.95. The summed E-state index contributed by atoms with van der Waals surface area (Å²) in [7, 11) is 1.26. The molecule has 13 heteroatoms. The zero-order valence-corrected chi connectivity index (χ0v) is 12.3. The van der Waals surface area contributed by atoms with Gasteiger partial charge in [0.25, 0.3) is 5.89 Å². The number of aromatic nitrogens is 5. The molecule has 0 aliphatic carbocycles. The number of halogens is 3. The van der Waals surface area contributed by atoms with Gasteiger partial charge < -0.3 is 14.5 Å². The van der Waals surface area contributed by atoms with E-state index in [2.05, 4.69) is 15.2 Å². The topological polar surface area (TPSA) is 122 Å². The lowest BCUT2D eigenvalue weighted by Crippen LogP contribution is -2.13. The van der Waals surface area contributed by atoms with E-state index in [0.717, 1.165) is 23.0 Å². The lowest BCUT2D eigenvalue weighted by atomic mass is 10.3. The molecule has 0 bridgehead atoms. The first-order chi connectivity index (χ1) is 11.7. The highest BCUT2D eigenvalue weighted by molar-refractivity contribution is 5.49. The van der Waals surface area contributed by atoms with Crippen molar-refractivity contribution in [3.8, 4) is 17.3 Å². The van der Waals surface area contributed by atoms with Crippen LogP contribution < -0.4 is 5.76 Å². The van der Waals surface area contributed by atoms with E-state index in [1.807, 2.05) is 0 Å². The lowest BCUT2D eigenvalue weighted by molar-refractivity contribution is -0.389. The van der Waals surface area contributed by atoms with E-state index in [-0.39, 0.29) is 11.4 Å². The minimum absolute atomic E-state index is 0.164. The van der Waals surface area contributed by atoms with Crippen molar-refractivity contribution in [3.63, 3.8) is 0 Å². The van der Waals surface area contributed by atoms with Crippen LogP contribution in [-0.4, -0.2) is 29.5 Å². The molecule has 0 radical (unpaired) electrons. The van der Waals surface area contributed by atoms with E-state index in [0.29, 0.717) is 10.7 Å². The van der Waals surface area contributed by atoms with E-state index in [1.165, 1.54) is 7.05 Å². The summed E-state index contributed by atoms with van der Waals surface area (Å²) in [6.45, 7) is 0. The molecule has 0 saturated heterocycles. The molecule has 0 aliphatic rings. The smallest absolute Gasteiger partial charge is 0.386 e. The Balaban J connectivity index is 2.14. The van der Waals surface area contributed by atoms with Crippen molar-refractivity contribution in [1.29, 1.82) is 0 Å². The predicted molar refractivity (Wildman–Crippen MR) is 73.8 cm³/mol. The van der Waals surface area contributed by atoms with Gasteiger partial charge in [-0.05, 0) is 16.0 Å². The molecular weight excluding hydrogens is 349 g/mol. The summed E-state index contributed by atoms with van der Waals surface area (Å²) >= 11 is 0. The Morgan fingerprint density at radius 3 is 2.48 bits per heavy atom. The third-order valence-electron chi connectivity index (χ3n) is 3.07. The summed E-state index contributed by atoms with van der Waals surface area (Å²) in [5, 5.41) is 17.9. The van der Waals surface area contributed by atoms with Crippen LogP contribution in [0.25, 0.3) is 17.3 Å². The van der Waals surface area contributed by atoms with Gasteiger partial charge in [-0.25, -0.2) is 9.48 Å². The van der Waals surface area contributed by atoms with Gasteiger partial charge in [-0.1, -0.05) is 0 Å². The predicted octanol–water partition coefficient (Wildman–Crippen LogP) is 1.55. The number of nitro groups is 1. The number of nitrogens with zero attached hydrogens (tertiary/aromatic N) is 6. The van der Waals surface area contributed by atoms with Gasteiger partial charge in [0.2, 0.25) is 0 Å². The molecule has 0 amide bonds. The SMILES string of the molecule is Cn1nc(-c2cc(C(F)(F)F)n(-c3ccc([N+](=O)[O-])nc3)n2)oc1=O. The van der Waals surface area contributed by atoms with Gasteiger partial charge in [0.05, 0.1) is 0 Å². The monoisotopic (exact) mass is 356 g/mol. The van der Waals surface area contributed by atoms with E-state index in [9.17, 15) is 28.1 Å². The molecule has 0 N–H and O–H groups in total. The fourth-order valence-electron chi connectivity index (χ4n) is 1.95. The molecule has 3 aromatic rings. The lowest BCUT2D eigenvalue weighted by Gasteiger charge is -2.08. The second kappa shape index (κ2) is 5.54. The standard InChI is InChI=1S/C12H7F3N6O4/c1-19-11(22)25-10(18-19)7-4-8(12(13,14)15)20(17-7)6-2-3-9(16-5-6)21(23)24/h2-5H,1H3. The normalized spacial score (nSPS) is 11.7. The molecule has 0 unspecified atom stereocenters. The van der Waals surface area contributed by atoms with Crippen LogP contribution in [0.1, 0.15) is 5.69 Å². The maximum Gasteiger partial charge on any atom is 0.437 e. The Labute approximate surface area is 135 Å². The molecule has 0 atom stereocenters. The Kier molecular flexibility index (Phi) is 3.62. The average molecular weight is 356 g/mol. The first kappa shape index (κ1) is 16.4. The van der Waals surface area contributed by atoms with Crippen LogP contribution in [0.5, 0.6) is 0 Å². The Bertz CT molecular complexity index is 1000. The van der Waals surface area contributed by atoms with Crippen LogP contribution in [0.3, 0.4) is 0 Å². The molecule has 10 nitrogen and oxygen atoms in total. The summed E-state index contributed by atoms with van der Waals surface area (Å²) < 4.78 is 45.7. The van der Waals surface area contributed by atoms with Gasteiger partial charge in [0.1, 0.15) is 11.4 Å². The first-order valence-electron chi connectivity index (χ1n) is 6.49. The van der Waals surface area contributed by atoms with Crippen molar-refractivity contribution >= 4 is 5.82 Å². The van der Waals surface area contributed by atoms with Gasteiger partial charge >= 0.3 is 17.8 Å². The van der Waals surface area contributed by atoms with Crippen LogP contribution in [0, 0.1) is 10.1 Å². The number of aryl methyl sites for hydroxylation is 1. The largest absolute Gasteiger partial charge is 0.437 e. The van der Waals surface area contributed by atoms with E-state index in [1.54, 1.807) is 0 Å². The molecule has 25 heavy (non-hydrogen) atoms. The second-order valence-electron chi connectivity index (χ2n) is 4.75. The third kappa shape index (κ3) is 2.98. The number of hydrogen-bond donors (Lipinski definition) is 0. The maximum absolute atomic E-state index is 13.2.